The van der Waals surface area contributed by atoms with E-state index in [-0.39, 0.29) is 11.5 Å². The third-order valence-corrected chi connectivity index (χ3v) is 4.39. The second kappa shape index (κ2) is 4.16. The summed E-state index contributed by atoms with van der Waals surface area (Å²) < 4.78 is 25.0. The fourth-order valence-electron chi connectivity index (χ4n) is 1.91. The maximum Gasteiger partial charge on any atom is 0.152 e. The summed E-state index contributed by atoms with van der Waals surface area (Å²) in [5.74, 6) is 2.66. The van der Waals surface area contributed by atoms with Crippen LogP contribution in [0, 0.1) is 5.92 Å². The molecule has 16 heavy (non-hydrogen) atoms. The second-order valence-corrected chi connectivity index (χ2v) is 6.99. The molecule has 0 spiro atoms. The minimum atomic E-state index is -2.89. The number of hydrogen-bond acceptors (Lipinski definition) is 4. The van der Waals surface area contributed by atoms with Crippen LogP contribution < -0.4 is 0 Å². The summed E-state index contributed by atoms with van der Waals surface area (Å²) in [7, 11) is -2.89. The Morgan fingerprint density at radius 2 is 2.06 bits per heavy atom. The van der Waals surface area contributed by atoms with Gasteiger partial charge in [0.1, 0.15) is 11.6 Å². The predicted octanol–water partition coefficient (Wildman–Crippen LogP) is 0.448. The van der Waals surface area contributed by atoms with E-state index in [9.17, 15) is 8.42 Å². The Hall–Kier alpha value is -0.910. The quantitative estimate of drug-likeness (QED) is 0.756. The Morgan fingerprint density at radius 3 is 2.75 bits per heavy atom. The number of sulfone groups is 1. The fourth-order valence-corrected chi connectivity index (χ4v) is 3.07. The van der Waals surface area contributed by atoms with Gasteiger partial charge in [0.05, 0.1) is 11.5 Å². The summed E-state index contributed by atoms with van der Waals surface area (Å²) in [6.07, 6.45) is 1.35. The SMILES string of the molecule is CC(C)Cc1nnc2n1CCS(=O)(=O)CC2. The summed E-state index contributed by atoms with van der Waals surface area (Å²) in [6, 6.07) is 0. The molecule has 1 aromatic rings. The van der Waals surface area contributed by atoms with Crippen LogP contribution in [-0.2, 0) is 29.2 Å². The van der Waals surface area contributed by atoms with Crippen LogP contribution in [0.2, 0.25) is 0 Å². The first-order valence-electron chi connectivity index (χ1n) is 5.59. The Bertz CT molecular complexity index is 476. The molecule has 0 bridgehead atoms. The van der Waals surface area contributed by atoms with Gasteiger partial charge in [-0.2, -0.15) is 0 Å². The Balaban J connectivity index is 2.26. The van der Waals surface area contributed by atoms with Crippen LogP contribution in [-0.4, -0.2) is 34.7 Å². The Morgan fingerprint density at radius 1 is 1.31 bits per heavy atom. The van der Waals surface area contributed by atoms with Gasteiger partial charge in [-0.25, -0.2) is 8.42 Å². The minimum absolute atomic E-state index is 0.201. The molecule has 0 fully saturated rings. The molecule has 0 N–H and O–H groups in total. The fraction of sp³-hybridized carbons (Fsp3) is 0.800. The number of aromatic nitrogens is 3. The van der Waals surface area contributed by atoms with Crippen molar-refractivity contribution in [3.05, 3.63) is 11.6 Å². The maximum atomic E-state index is 11.5. The lowest BCUT2D eigenvalue weighted by molar-refractivity contribution is 0.572. The van der Waals surface area contributed by atoms with E-state index in [0.29, 0.717) is 18.9 Å². The van der Waals surface area contributed by atoms with Crippen molar-refractivity contribution in [2.75, 3.05) is 11.5 Å². The molecule has 90 valence electrons. The average Bonchev–Trinajstić information content (AvgIpc) is 2.46. The van der Waals surface area contributed by atoms with Crippen molar-refractivity contribution in [1.29, 1.82) is 0 Å². The summed E-state index contributed by atoms with van der Waals surface area (Å²) in [6.45, 7) is 4.75. The third-order valence-electron chi connectivity index (χ3n) is 2.76. The Labute approximate surface area is 95.8 Å². The molecule has 6 heteroatoms. The molecule has 0 saturated carbocycles. The lowest BCUT2D eigenvalue weighted by Crippen LogP contribution is -2.14. The molecule has 5 nitrogen and oxygen atoms in total. The summed E-state index contributed by atoms with van der Waals surface area (Å²) in [4.78, 5) is 0. The number of fused-ring (bicyclic) bond motifs is 1. The van der Waals surface area contributed by atoms with E-state index in [1.54, 1.807) is 0 Å². The van der Waals surface area contributed by atoms with Gasteiger partial charge in [-0.1, -0.05) is 13.8 Å². The molecule has 0 atom stereocenters. The first-order chi connectivity index (χ1) is 7.48. The zero-order chi connectivity index (χ0) is 11.8. The molecule has 0 aliphatic carbocycles. The van der Waals surface area contributed by atoms with Crippen molar-refractivity contribution in [2.24, 2.45) is 5.92 Å². The molecular formula is C10H17N3O2S. The van der Waals surface area contributed by atoms with Gasteiger partial charge >= 0.3 is 0 Å². The molecule has 0 saturated heterocycles. The standard InChI is InChI=1S/C10H17N3O2S/c1-8(2)7-10-12-11-9-3-5-16(14,15)6-4-13(9)10/h8H,3-7H2,1-2H3. The summed E-state index contributed by atoms with van der Waals surface area (Å²) >= 11 is 0. The molecule has 1 aliphatic heterocycles. The molecule has 1 aromatic heterocycles. The molecule has 0 radical (unpaired) electrons. The lowest BCUT2D eigenvalue weighted by atomic mass is 10.1. The average molecular weight is 243 g/mol. The van der Waals surface area contributed by atoms with Crippen LogP contribution in [0.15, 0.2) is 0 Å². The van der Waals surface area contributed by atoms with E-state index >= 15 is 0 Å². The highest BCUT2D eigenvalue weighted by atomic mass is 32.2. The molecule has 2 rings (SSSR count). The van der Waals surface area contributed by atoms with Crippen molar-refractivity contribution < 1.29 is 8.42 Å². The monoisotopic (exact) mass is 243 g/mol. The van der Waals surface area contributed by atoms with Gasteiger partial charge in [-0.05, 0) is 5.92 Å². The van der Waals surface area contributed by atoms with Crippen LogP contribution in [0.5, 0.6) is 0 Å². The maximum absolute atomic E-state index is 11.5. The topological polar surface area (TPSA) is 64.8 Å². The van der Waals surface area contributed by atoms with Crippen molar-refractivity contribution >= 4 is 9.84 Å². The molecule has 0 amide bonds. The first kappa shape index (κ1) is 11.6. The highest BCUT2D eigenvalue weighted by molar-refractivity contribution is 7.91. The smallest absolute Gasteiger partial charge is 0.152 e. The van der Waals surface area contributed by atoms with Gasteiger partial charge in [0, 0.05) is 19.4 Å². The molecule has 0 unspecified atom stereocenters. The predicted molar refractivity (Wildman–Crippen MR) is 60.9 cm³/mol. The van der Waals surface area contributed by atoms with E-state index < -0.39 is 9.84 Å². The summed E-state index contributed by atoms with van der Waals surface area (Å²) in [5, 5.41) is 8.23. The van der Waals surface area contributed by atoms with Gasteiger partial charge in [0.25, 0.3) is 0 Å². The normalized spacial score (nSPS) is 19.4. The minimum Gasteiger partial charge on any atom is -0.314 e. The van der Waals surface area contributed by atoms with Crippen LogP contribution in [0.3, 0.4) is 0 Å². The Kier molecular flexibility index (Phi) is 3.01. The van der Waals surface area contributed by atoms with E-state index in [1.807, 2.05) is 4.57 Å². The van der Waals surface area contributed by atoms with Crippen molar-refractivity contribution in [3.8, 4) is 0 Å². The lowest BCUT2D eigenvalue weighted by Gasteiger charge is -2.07. The van der Waals surface area contributed by atoms with Crippen LogP contribution in [0.4, 0.5) is 0 Å². The summed E-state index contributed by atoms with van der Waals surface area (Å²) in [5.41, 5.74) is 0. The van der Waals surface area contributed by atoms with E-state index in [4.69, 9.17) is 0 Å². The van der Waals surface area contributed by atoms with E-state index in [1.165, 1.54) is 0 Å². The van der Waals surface area contributed by atoms with Gasteiger partial charge < -0.3 is 4.57 Å². The highest BCUT2D eigenvalue weighted by Gasteiger charge is 2.22. The number of aryl methyl sites for hydroxylation is 1. The number of rotatable bonds is 2. The molecular weight excluding hydrogens is 226 g/mol. The van der Waals surface area contributed by atoms with Crippen LogP contribution in [0.1, 0.15) is 25.5 Å². The van der Waals surface area contributed by atoms with Gasteiger partial charge in [0.2, 0.25) is 0 Å². The largest absolute Gasteiger partial charge is 0.314 e. The highest BCUT2D eigenvalue weighted by Crippen LogP contribution is 2.13. The van der Waals surface area contributed by atoms with Crippen LogP contribution in [0.25, 0.3) is 0 Å². The van der Waals surface area contributed by atoms with Gasteiger partial charge in [0.15, 0.2) is 9.84 Å². The first-order valence-corrected chi connectivity index (χ1v) is 7.41. The molecule has 0 aromatic carbocycles. The zero-order valence-corrected chi connectivity index (χ0v) is 10.5. The van der Waals surface area contributed by atoms with E-state index in [0.717, 1.165) is 18.1 Å². The second-order valence-electron chi connectivity index (χ2n) is 4.68. The zero-order valence-electron chi connectivity index (χ0n) is 9.68. The molecule has 2 heterocycles. The van der Waals surface area contributed by atoms with Crippen LogP contribution >= 0.6 is 0 Å². The van der Waals surface area contributed by atoms with Crippen molar-refractivity contribution in [1.82, 2.24) is 14.8 Å². The van der Waals surface area contributed by atoms with Gasteiger partial charge in [-0.3, -0.25) is 0 Å². The van der Waals surface area contributed by atoms with Crippen molar-refractivity contribution in [2.45, 2.75) is 33.2 Å². The third kappa shape index (κ3) is 2.42. The molecule has 1 aliphatic rings. The van der Waals surface area contributed by atoms with E-state index in [2.05, 4.69) is 24.0 Å². The van der Waals surface area contributed by atoms with Gasteiger partial charge in [-0.15, -0.1) is 10.2 Å². The van der Waals surface area contributed by atoms with Crippen molar-refractivity contribution in [3.63, 3.8) is 0 Å². The number of nitrogens with zero attached hydrogens (tertiary/aromatic N) is 3. The number of hydrogen-bond donors (Lipinski definition) is 0.